The average Bonchev–Trinajstić information content (AvgIpc) is 2.17. The molecule has 0 unspecified atom stereocenters. The van der Waals surface area contributed by atoms with E-state index in [-0.39, 0.29) is 0 Å². The molecule has 1 heterocycles. The molecule has 0 bridgehead atoms. The Kier molecular flexibility index (Phi) is 3.52. The number of hydrogen-bond acceptors (Lipinski definition) is 2. The van der Waals surface area contributed by atoms with Crippen LogP contribution in [0.25, 0.3) is 0 Å². The maximum Gasteiger partial charge on any atom is 0.139 e. The highest BCUT2D eigenvalue weighted by Gasteiger charge is 2.36. The van der Waals surface area contributed by atoms with Gasteiger partial charge in [-0.15, -0.1) is 0 Å². The van der Waals surface area contributed by atoms with Gasteiger partial charge >= 0.3 is 0 Å². The van der Waals surface area contributed by atoms with Crippen LogP contribution in [-0.2, 0) is 0 Å². The fourth-order valence-corrected chi connectivity index (χ4v) is 2.59. The molecule has 1 aromatic rings. The smallest absolute Gasteiger partial charge is 0.139 e. The molecule has 82 valence electrons. The highest BCUT2D eigenvalue weighted by atomic mass is 79.9. The number of aromatic nitrogens is 1. The third-order valence-corrected chi connectivity index (χ3v) is 4.32. The van der Waals surface area contributed by atoms with Gasteiger partial charge in [-0.1, -0.05) is 34.0 Å². The fourth-order valence-electron chi connectivity index (χ4n) is 1.70. The Balaban J connectivity index is 1.92. The number of halogens is 2. The van der Waals surface area contributed by atoms with Gasteiger partial charge in [-0.05, 0) is 12.8 Å². The maximum absolute atomic E-state index is 5.82. The molecule has 0 radical (unpaired) electrons. The summed E-state index contributed by atoms with van der Waals surface area (Å²) >= 11 is 9.37. The Labute approximate surface area is 103 Å². The van der Waals surface area contributed by atoms with E-state index in [1.165, 1.54) is 19.3 Å². The summed E-state index contributed by atoms with van der Waals surface area (Å²) in [6.07, 6.45) is 7.10. The average molecular weight is 291 g/mol. The quantitative estimate of drug-likeness (QED) is 0.789. The Bertz CT molecular complexity index is 336. The summed E-state index contributed by atoms with van der Waals surface area (Å²) in [6, 6.07) is 1.80. The number of pyridine rings is 1. The number of nitrogens with zero attached hydrogens (tertiary/aromatic N) is 1. The second-order valence-electron chi connectivity index (χ2n) is 4.11. The molecule has 2 nitrogen and oxygen atoms in total. The standard InChI is InChI=1S/C11H13BrClNO/c12-7-11(2-1-3-11)8-15-10-4-9(13)5-14-6-10/h4-6H,1-3,7-8H2. The molecule has 0 atom stereocenters. The van der Waals surface area contributed by atoms with Crippen molar-refractivity contribution in [3.63, 3.8) is 0 Å². The Hall–Kier alpha value is -0.280. The summed E-state index contributed by atoms with van der Waals surface area (Å²) in [5.74, 6) is 0.759. The van der Waals surface area contributed by atoms with Gasteiger partial charge in [0.2, 0.25) is 0 Å². The third-order valence-electron chi connectivity index (χ3n) is 2.92. The SMILES string of the molecule is Clc1cncc(OCC2(CBr)CCC2)c1. The molecule has 2 rings (SSSR count). The minimum atomic E-state index is 0.336. The van der Waals surface area contributed by atoms with E-state index in [2.05, 4.69) is 20.9 Å². The van der Waals surface area contributed by atoms with Crippen LogP contribution >= 0.6 is 27.5 Å². The summed E-state index contributed by atoms with van der Waals surface area (Å²) < 4.78 is 5.71. The van der Waals surface area contributed by atoms with Gasteiger partial charge in [0.05, 0.1) is 17.8 Å². The third kappa shape index (κ3) is 2.64. The normalized spacial score (nSPS) is 18.3. The van der Waals surface area contributed by atoms with Crippen LogP contribution in [-0.4, -0.2) is 16.9 Å². The lowest BCUT2D eigenvalue weighted by molar-refractivity contribution is 0.0836. The number of rotatable bonds is 4. The van der Waals surface area contributed by atoms with Crippen LogP contribution in [0.2, 0.25) is 5.02 Å². The van der Waals surface area contributed by atoms with Gasteiger partial charge in [0.15, 0.2) is 0 Å². The van der Waals surface area contributed by atoms with Crippen LogP contribution in [0.4, 0.5) is 0 Å². The predicted octanol–water partition coefficient (Wildman–Crippen LogP) is 3.68. The molecule has 1 fully saturated rings. The summed E-state index contributed by atoms with van der Waals surface area (Å²) in [5, 5.41) is 1.63. The van der Waals surface area contributed by atoms with Crippen molar-refractivity contribution in [2.45, 2.75) is 19.3 Å². The van der Waals surface area contributed by atoms with Gasteiger partial charge in [-0.25, -0.2) is 0 Å². The van der Waals surface area contributed by atoms with Crippen molar-refractivity contribution in [3.8, 4) is 5.75 Å². The molecule has 0 spiro atoms. The van der Waals surface area contributed by atoms with Crippen molar-refractivity contribution in [1.82, 2.24) is 4.98 Å². The van der Waals surface area contributed by atoms with Crippen molar-refractivity contribution >= 4 is 27.5 Å². The van der Waals surface area contributed by atoms with Crippen LogP contribution in [0.15, 0.2) is 18.5 Å². The molecule has 0 saturated heterocycles. The first-order valence-corrected chi connectivity index (χ1v) is 6.53. The van der Waals surface area contributed by atoms with Crippen molar-refractivity contribution < 1.29 is 4.74 Å². The van der Waals surface area contributed by atoms with Gasteiger partial charge < -0.3 is 4.74 Å². The van der Waals surface area contributed by atoms with Crippen molar-refractivity contribution in [2.75, 3.05) is 11.9 Å². The first-order chi connectivity index (χ1) is 7.24. The molecule has 1 aliphatic carbocycles. The van der Waals surface area contributed by atoms with Crippen molar-refractivity contribution in [2.24, 2.45) is 5.41 Å². The zero-order valence-corrected chi connectivity index (χ0v) is 10.7. The summed E-state index contributed by atoms with van der Waals surface area (Å²) in [5.41, 5.74) is 0.336. The molecular formula is C11H13BrClNO. The van der Waals surface area contributed by atoms with Crippen LogP contribution in [0.1, 0.15) is 19.3 Å². The molecule has 0 amide bonds. The van der Waals surface area contributed by atoms with Gasteiger partial charge in [-0.3, -0.25) is 4.98 Å². The Morgan fingerprint density at radius 2 is 2.27 bits per heavy atom. The van der Waals surface area contributed by atoms with Crippen LogP contribution < -0.4 is 4.74 Å². The van der Waals surface area contributed by atoms with Crippen LogP contribution in [0.5, 0.6) is 5.75 Å². The monoisotopic (exact) mass is 289 g/mol. The maximum atomic E-state index is 5.82. The Morgan fingerprint density at radius 3 is 2.80 bits per heavy atom. The molecule has 0 N–H and O–H groups in total. The largest absolute Gasteiger partial charge is 0.491 e. The van der Waals surface area contributed by atoms with E-state index in [0.717, 1.165) is 17.7 Å². The lowest BCUT2D eigenvalue weighted by Gasteiger charge is -2.39. The van der Waals surface area contributed by atoms with E-state index < -0.39 is 0 Å². The molecular weight excluding hydrogens is 277 g/mol. The predicted molar refractivity (Wildman–Crippen MR) is 64.8 cm³/mol. The lowest BCUT2D eigenvalue weighted by Crippen LogP contribution is -2.37. The van der Waals surface area contributed by atoms with Gasteiger partial charge in [0.25, 0.3) is 0 Å². The summed E-state index contributed by atoms with van der Waals surface area (Å²) in [4.78, 5) is 3.99. The molecule has 1 saturated carbocycles. The Morgan fingerprint density at radius 1 is 1.47 bits per heavy atom. The zero-order valence-electron chi connectivity index (χ0n) is 8.38. The van der Waals surface area contributed by atoms with E-state index in [0.29, 0.717) is 10.4 Å². The highest BCUT2D eigenvalue weighted by Crippen LogP contribution is 2.42. The van der Waals surface area contributed by atoms with Gasteiger partial charge in [-0.2, -0.15) is 0 Å². The number of ether oxygens (including phenoxy) is 1. The number of alkyl halides is 1. The molecule has 15 heavy (non-hydrogen) atoms. The highest BCUT2D eigenvalue weighted by molar-refractivity contribution is 9.09. The minimum Gasteiger partial charge on any atom is -0.491 e. The lowest BCUT2D eigenvalue weighted by atomic mass is 9.71. The van der Waals surface area contributed by atoms with Crippen molar-refractivity contribution in [1.29, 1.82) is 0 Å². The zero-order chi connectivity index (χ0) is 10.7. The molecule has 0 aromatic carbocycles. The van der Waals surface area contributed by atoms with Gasteiger partial charge in [0.1, 0.15) is 5.75 Å². The molecule has 0 aliphatic heterocycles. The second kappa shape index (κ2) is 4.71. The summed E-state index contributed by atoms with van der Waals surface area (Å²) in [7, 11) is 0. The fraction of sp³-hybridized carbons (Fsp3) is 0.545. The molecule has 1 aromatic heterocycles. The minimum absolute atomic E-state index is 0.336. The van der Waals surface area contributed by atoms with E-state index in [9.17, 15) is 0 Å². The van der Waals surface area contributed by atoms with Gasteiger partial charge in [0, 0.05) is 23.0 Å². The topological polar surface area (TPSA) is 22.1 Å². The van der Waals surface area contributed by atoms with E-state index in [4.69, 9.17) is 16.3 Å². The van der Waals surface area contributed by atoms with E-state index in [1.807, 2.05) is 0 Å². The summed E-state index contributed by atoms with van der Waals surface area (Å²) in [6.45, 7) is 0.750. The van der Waals surface area contributed by atoms with Crippen LogP contribution in [0.3, 0.4) is 0 Å². The molecule has 4 heteroatoms. The van der Waals surface area contributed by atoms with E-state index >= 15 is 0 Å². The van der Waals surface area contributed by atoms with Crippen molar-refractivity contribution in [3.05, 3.63) is 23.5 Å². The van der Waals surface area contributed by atoms with Crippen LogP contribution in [0, 0.1) is 5.41 Å². The first-order valence-electron chi connectivity index (χ1n) is 5.03. The van der Waals surface area contributed by atoms with E-state index in [1.54, 1.807) is 18.5 Å². The first kappa shape index (κ1) is 11.2. The number of hydrogen-bond donors (Lipinski definition) is 0. The second-order valence-corrected chi connectivity index (χ2v) is 5.11. The molecule has 1 aliphatic rings.